The lowest BCUT2D eigenvalue weighted by molar-refractivity contribution is 0.0334. The first-order chi connectivity index (χ1) is 14.2. The van der Waals surface area contributed by atoms with Gasteiger partial charge < -0.3 is 14.5 Å². The Hall–Kier alpha value is -3.06. The average Bonchev–Trinajstić information content (AvgIpc) is 3.46. The summed E-state index contributed by atoms with van der Waals surface area (Å²) in [5.41, 5.74) is 3.23. The molecule has 2 bridgehead atoms. The van der Waals surface area contributed by atoms with Gasteiger partial charge in [-0.2, -0.15) is 0 Å². The van der Waals surface area contributed by atoms with Crippen LogP contribution >= 0.6 is 0 Å². The number of hydrogen-bond acceptors (Lipinski definition) is 5. The van der Waals surface area contributed by atoms with Gasteiger partial charge in [0.1, 0.15) is 17.3 Å². The number of rotatable bonds is 5. The van der Waals surface area contributed by atoms with Crippen molar-refractivity contribution >= 4 is 16.9 Å². The summed E-state index contributed by atoms with van der Waals surface area (Å²) < 4.78 is 11.2. The maximum absolute atomic E-state index is 13.1. The van der Waals surface area contributed by atoms with Gasteiger partial charge in [0.2, 0.25) is 0 Å². The number of carbonyl (C=O) groups excluding carboxylic acids is 1. The number of nitrogens with one attached hydrogen (secondary N) is 1. The number of carbonyl (C=O) groups is 1. The van der Waals surface area contributed by atoms with Crippen LogP contribution in [-0.2, 0) is 0 Å². The van der Waals surface area contributed by atoms with Crippen LogP contribution in [0, 0.1) is 0 Å². The zero-order valence-corrected chi connectivity index (χ0v) is 16.6. The first-order valence-corrected chi connectivity index (χ1v) is 10.1. The number of piperidine rings is 1. The molecule has 2 aromatic carbocycles. The molecule has 0 spiro atoms. The molecule has 0 atom stereocenters. The van der Waals surface area contributed by atoms with Crippen molar-refractivity contribution in [1.82, 2.24) is 20.0 Å². The van der Waals surface area contributed by atoms with E-state index in [0.29, 0.717) is 29.8 Å². The number of benzene rings is 2. The van der Waals surface area contributed by atoms with Gasteiger partial charge in [-0.05, 0) is 50.1 Å². The molecular formula is C22H24N4O3. The predicted molar refractivity (Wildman–Crippen MR) is 110 cm³/mol. The van der Waals surface area contributed by atoms with Crippen molar-refractivity contribution in [2.75, 3.05) is 26.8 Å². The van der Waals surface area contributed by atoms with Gasteiger partial charge in [-0.25, -0.2) is 9.99 Å². The molecule has 0 radical (unpaired) electrons. The molecule has 0 saturated carbocycles. The van der Waals surface area contributed by atoms with Gasteiger partial charge >= 0.3 is 0 Å². The van der Waals surface area contributed by atoms with E-state index in [2.05, 4.69) is 9.99 Å². The molecule has 0 aliphatic carbocycles. The minimum Gasteiger partial charge on any atom is -0.497 e. The fourth-order valence-electron chi connectivity index (χ4n) is 4.34. The number of hydrogen-bond donors (Lipinski definition) is 1. The number of fused-ring (bicyclic) bond motifs is 3. The second-order valence-electron chi connectivity index (χ2n) is 7.45. The molecular weight excluding hydrogens is 368 g/mol. The highest BCUT2D eigenvalue weighted by Crippen LogP contribution is 2.34. The maximum atomic E-state index is 13.1. The molecule has 2 aliphatic heterocycles. The average molecular weight is 392 g/mol. The van der Waals surface area contributed by atoms with Gasteiger partial charge in [0.05, 0.1) is 36.4 Å². The largest absolute Gasteiger partial charge is 0.497 e. The van der Waals surface area contributed by atoms with Gasteiger partial charge in [-0.3, -0.25) is 9.80 Å². The molecule has 2 aliphatic rings. The number of H-pyrrole nitrogens is 1. The van der Waals surface area contributed by atoms with Crippen LogP contribution in [0.3, 0.4) is 0 Å². The van der Waals surface area contributed by atoms with Crippen LogP contribution in [0.15, 0.2) is 36.4 Å². The van der Waals surface area contributed by atoms with E-state index in [9.17, 15) is 4.79 Å². The molecule has 0 unspecified atom stereocenters. The van der Waals surface area contributed by atoms with E-state index in [0.717, 1.165) is 48.3 Å². The summed E-state index contributed by atoms with van der Waals surface area (Å²) >= 11 is 0. The van der Waals surface area contributed by atoms with Gasteiger partial charge in [0.25, 0.3) is 5.91 Å². The van der Waals surface area contributed by atoms with Crippen LogP contribution in [0.1, 0.15) is 30.1 Å². The summed E-state index contributed by atoms with van der Waals surface area (Å²) in [4.78, 5) is 21.1. The van der Waals surface area contributed by atoms with Crippen molar-refractivity contribution in [3.63, 3.8) is 0 Å². The lowest BCUT2D eigenvalue weighted by Gasteiger charge is -2.24. The topological polar surface area (TPSA) is 70.7 Å². The minimum atomic E-state index is 0.0480. The van der Waals surface area contributed by atoms with E-state index in [1.54, 1.807) is 7.11 Å². The lowest BCUT2D eigenvalue weighted by atomic mass is 10.1. The molecule has 3 heterocycles. The molecule has 2 fully saturated rings. The third-order valence-electron chi connectivity index (χ3n) is 5.77. The molecule has 7 nitrogen and oxygen atoms in total. The second-order valence-corrected chi connectivity index (χ2v) is 7.45. The Bertz CT molecular complexity index is 1060. The Kier molecular flexibility index (Phi) is 4.39. The van der Waals surface area contributed by atoms with Crippen LogP contribution < -0.4 is 9.47 Å². The first-order valence-electron chi connectivity index (χ1n) is 10.1. The van der Waals surface area contributed by atoms with Crippen molar-refractivity contribution in [2.45, 2.75) is 25.8 Å². The highest BCUT2D eigenvalue weighted by Gasteiger charge is 2.41. The second kappa shape index (κ2) is 7.08. The minimum absolute atomic E-state index is 0.0480. The van der Waals surface area contributed by atoms with E-state index in [1.165, 1.54) is 0 Å². The number of methoxy groups -OCH3 is 1. The van der Waals surface area contributed by atoms with Gasteiger partial charge in [0, 0.05) is 24.7 Å². The van der Waals surface area contributed by atoms with E-state index in [-0.39, 0.29) is 5.91 Å². The molecule has 1 aromatic heterocycles. The highest BCUT2D eigenvalue weighted by molar-refractivity contribution is 5.96. The Labute approximate surface area is 169 Å². The number of imidazole rings is 1. The standard InChI is InChI=1S/C22H24N4O3/c1-3-29-20-12-14(22(27)26-15-8-10-25(26)11-9-15)4-6-17(20)21-23-18-7-5-16(28-2)13-19(18)24-21/h4-7,12-13,15H,3,8-11H2,1-2H3,(H,23,24). The quantitative estimate of drug-likeness (QED) is 0.720. The SMILES string of the molecule is CCOc1cc(C(=O)N2C3CCN2CC3)ccc1-c1nc2ccc(OC)cc2[nH]1. The van der Waals surface area contributed by atoms with Crippen LogP contribution in [0.2, 0.25) is 0 Å². The van der Waals surface area contributed by atoms with Crippen molar-refractivity contribution in [3.05, 3.63) is 42.0 Å². The summed E-state index contributed by atoms with van der Waals surface area (Å²) in [6.45, 7) is 4.38. The molecule has 1 amide bonds. The van der Waals surface area contributed by atoms with Crippen molar-refractivity contribution in [3.8, 4) is 22.9 Å². The van der Waals surface area contributed by atoms with Crippen molar-refractivity contribution in [2.24, 2.45) is 0 Å². The van der Waals surface area contributed by atoms with E-state index in [4.69, 9.17) is 14.5 Å². The molecule has 5 rings (SSSR count). The fraction of sp³-hybridized carbons (Fsp3) is 0.364. The Morgan fingerprint density at radius 3 is 2.72 bits per heavy atom. The summed E-state index contributed by atoms with van der Waals surface area (Å²) in [5, 5.41) is 4.09. The normalized spacial score (nSPS) is 20.4. The summed E-state index contributed by atoms with van der Waals surface area (Å²) in [5.74, 6) is 2.19. The van der Waals surface area contributed by atoms with Crippen LogP contribution in [-0.4, -0.2) is 58.7 Å². The van der Waals surface area contributed by atoms with E-state index in [1.807, 2.05) is 48.3 Å². The Morgan fingerprint density at radius 1 is 1.21 bits per heavy atom. The zero-order chi connectivity index (χ0) is 20.0. The lowest BCUT2D eigenvalue weighted by Crippen LogP contribution is -2.38. The first kappa shape index (κ1) is 18.0. The summed E-state index contributed by atoms with van der Waals surface area (Å²) in [6.07, 6.45) is 2.12. The number of hydrazine groups is 1. The van der Waals surface area contributed by atoms with Crippen LogP contribution in [0.4, 0.5) is 0 Å². The molecule has 1 N–H and O–H groups in total. The van der Waals surface area contributed by atoms with Crippen molar-refractivity contribution in [1.29, 1.82) is 0 Å². The predicted octanol–water partition coefficient (Wildman–Crippen LogP) is 3.47. The Morgan fingerprint density at radius 2 is 2.03 bits per heavy atom. The zero-order valence-electron chi connectivity index (χ0n) is 16.6. The van der Waals surface area contributed by atoms with E-state index < -0.39 is 0 Å². The van der Waals surface area contributed by atoms with Crippen molar-refractivity contribution < 1.29 is 14.3 Å². The molecule has 3 aromatic rings. The number of ether oxygens (including phenoxy) is 2. The highest BCUT2D eigenvalue weighted by atomic mass is 16.5. The van der Waals surface area contributed by atoms with Crippen LogP contribution in [0.25, 0.3) is 22.4 Å². The molecule has 29 heavy (non-hydrogen) atoms. The molecule has 2 saturated heterocycles. The summed E-state index contributed by atoms with van der Waals surface area (Å²) in [7, 11) is 1.64. The third-order valence-corrected chi connectivity index (χ3v) is 5.77. The van der Waals surface area contributed by atoms with Crippen LogP contribution in [0.5, 0.6) is 11.5 Å². The molecule has 7 heteroatoms. The smallest absolute Gasteiger partial charge is 0.268 e. The molecule has 150 valence electrons. The van der Waals surface area contributed by atoms with E-state index >= 15 is 0 Å². The number of aromatic amines is 1. The van der Waals surface area contributed by atoms with Gasteiger partial charge in [0.15, 0.2) is 0 Å². The number of aromatic nitrogens is 2. The summed E-state index contributed by atoms with van der Waals surface area (Å²) in [6, 6.07) is 11.7. The van der Waals surface area contributed by atoms with Gasteiger partial charge in [-0.1, -0.05) is 0 Å². The number of amides is 1. The fourth-order valence-corrected chi connectivity index (χ4v) is 4.34. The Balaban J connectivity index is 1.51. The monoisotopic (exact) mass is 392 g/mol. The van der Waals surface area contributed by atoms with Gasteiger partial charge in [-0.15, -0.1) is 0 Å². The maximum Gasteiger partial charge on any atom is 0.268 e. The number of nitrogens with zero attached hydrogens (tertiary/aromatic N) is 3. The third kappa shape index (κ3) is 3.02.